The van der Waals surface area contributed by atoms with Crippen LogP contribution in [-0.4, -0.2) is 22.9 Å². The average molecular weight is 212 g/mol. The molecule has 0 bridgehead atoms. The highest BCUT2D eigenvalue weighted by atomic mass is 35.5. The van der Waals surface area contributed by atoms with Gasteiger partial charge in [0.1, 0.15) is 11.0 Å². The van der Waals surface area contributed by atoms with Crippen LogP contribution in [0.15, 0.2) is 29.5 Å². The molecular formula is C8H10ClN5. The second kappa shape index (κ2) is 5.18. The Hall–Kier alpha value is -1.62. The van der Waals surface area contributed by atoms with Crippen LogP contribution in [0.2, 0.25) is 5.15 Å². The van der Waals surface area contributed by atoms with E-state index in [4.69, 9.17) is 17.3 Å². The predicted octanol–water partition coefficient (Wildman–Crippen LogP) is 1.04. The van der Waals surface area contributed by atoms with Crippen molar-refractivity contribution >= 4 is 23.4 Å². The summed E-state index contributed by atoms with van der Waals surface area (Å²) in [5, 5.41) is 3.22. The Morgan fingerprint density at radius 3 is 3.07 bits per heavy atom. The highest BCUT2D eigenvalue weighted by Gasteiger charge is 1.98. The molecule has 0 atom stereocenters. The minimum atomic E-state index is 0.370. The number of aliphatic imine (C=N–C) groups is 1. The fourth-order valence-electron chi connectivity index (χ4n) is 0.775. The summed E-state index contributed by atoms with van der Waals surface area (Å²) in [5.41, 5.74) is 5.22. The van der Waals surface area contributed by atoms with Gasteiger partial charge < -0.3 is 11.1 Å². The normalized spacial score (nSPS) is 12.0. The van der Waals surface area contributed by atoms with Gasteiger partial charge >= 0.3 is 0 Å². The van der Waals surface area contributed by atoms with Gasteiger partial charge in [-0.1, -0.05) is 11.6 Å². The van der Waals surface area contributed by atoms with Crippen molar-refractivity contribution in [3.63, 3.8) is 0 Å². The van der Waals surface area contributed by atoms with Gasteiger partial charge in [0.15, 0.2) is 0 Å². The molecule has 0 unspecified atom stereocenters. The molecule has 74 valence electrons. The lowest BCUT2D eigenvalue weighted by Gasteiger charge is -2.02. The molecule has 3 N–H and O–H groups in total. The first kappa shape index (κ1) is 10.5. The minimum absolute atomic E-state index is 0.370. The summed E-state index contributed by atoms with van der Waals surface area (Å²) >= 11 is 5.67. The number of nitrogens with zero attached hydrogens (tertiary/aromatic N) is 3. The molecule has 1 aromatic heterocycles. The molecule has 1 heterocycles. The molecule has 0 saturated carbocycles. The zero-order chi connectivity index (χ0) is 10.4. The van der Waals surface area contributed by atoms with Gasteiger partial charge in [0.25, 0.3) is 0 Å². The number of nitrogens with one attached hydrogen (secondary N) is 1. The molecule has 0 aromatic carbocycles. The zero-order valence-corrected chi connectivity index (χ0v) is 8.36. The lowest BCUT2D eigenvalue weighted by molar-refractivity contribution is 1.17. The molecule has 0 saturated heterocycles. The van der Waals surface area contributed by atoms with E-state index < -0.39 is 0 Å². The summed E-state index contributed by atoms with van der Waals surface area (Å²) in [5.74, 6) is 0.950. The third kappa shape index (κ3) is 3.02. The second-order valence-corrected chi connectivity index (χ2v) is 2.68. The highest BCUT2D eigenvalue weighted by molar-refractivity contribution is 6.29. The molecule has 0 aliphatic rings. The molecule has 0 fully saturated rings. The first-order valence-electron chi connectivity index (χ1n) is 3.87. The minimum Gasteiger partial charge on any atom is -0.404 e. The van der Waals surface area contributed by atoms with Crippen LogP contribution in [0.25, 0.3) is 0 Å². The van der Waals surface area contributed by atoms with Gasteiger partial charge in [-0.2, -0.15) is 0 Å². The van der Waals surface area contributed by atoms with Gasteiger partial charge in [-0.25, -0.2) is 9.97 Å². The molecule has 5 nitrogen and oxygen atoms in total. The quantitative estimate of drug-likeness (QED) is 0.436. The second-order valence-electron chi connectivity index (χ2n) is 2.30. The molecular weight excluding hydrogens is 202 g/mol. The number of hydrogen-bond acceptors (Lipinski definition) is 4. The standard InChI is InChI=1S/C8H10ClN5/c1-11-7(2-4-10)14-8-12-5-3-6(9)13-8/h2-5H,10H2,1H3,(H,11,12,13,14). The Morgan fingerprint density at radius 1 is 1.71 bits per heavy atom. The van der Waals surface area contributed by atoms with E-state index in [2.05, 4.69) is 20.3 Å². The van der Waals surface area contributed by atoms with Crippen LogP contribution in [-0.2, 0) is 0 Å². The maximum atomic E-state index is 5.67. The number of anilines is 1. The predicted molar refractivity (Wildman–Crippen MR) is 57.4 cm³/mol. The fraction of sp³-hybridized carbons (Fsp3) is 0.125. The Balaban J connectivity index is 2.77. The lowest BCUT2D eigenvalue weighted by atomic mass is 10.5. The van der Waals surface area contributed by atoms with Crippen LogP contribution in [0, 0.1) is 0 Å². The highest BCUT2D eigenvalue weighted by Crippen LogP contribution is 2.05. The van der Waals surface area contributed by atoms with Crippen LogP contribution < -0.4 is 11.1 Å². The number of halogens is 1. The molecule has 6 heteroatoms. The van der Waals surface area contributed by atoms with Gasteiger partial charge in [-0.05, 0) is 18.3 Å². The smallest absolute Gasteiger partial charge is 0.229 e. The van der Waals surface area contributed by atoms with Crippen molar-refractivity contribution in [2.45, 2.75) is 0 Å². The van der Waals surface area contributed by atoms with Crippen LogP contribution in [0.3, 0.4) is 0 Å². The molecule has 0 spiro atoms. The van der Waals surface area contributed by atoms with Crippen LogP contribution in [0.1, 0.15) is 0 Å². The van der Waals surface area contributed by atoms with Crippen molar-refractivity contribution in [3.8, 4) is 0 Å². The van der Waals surface area contributed by atoms with E-state index in [-0.39, 0.29) is 0 Å². The number of nitrogens with two attached hydrogens (primary N) is 1. The van der Waals surface area contributed by atoms with Crippen molar-refractivity contribution in [3.05, 3.63) is 29.7 Å². The van der Waals surface area contributed by atoms with E-state index in [0.29, 0.717) is 16.9 Å². The fourth-order valence-corrected chi connectivity index (χ4v) is 0.911. The van der Waals surface area contributed by atoms with Gasteiger partial charge in [0.05, 0.1) is 0 Å². The van der Waals surface area contributed by atoms with Crippen molar-refractivity contribution in [1.29, 1.82) is 0 Å². The van der Waals surface area contributed by atoms with E-state index in [1.165, 1.54) is 6.20 Å². The molecule has 14 heavy (non-hydrogen) atoms. The van der Waals surface area contributed by atoms with Gasteiger partial charge in [0.2, 0.25) is 5.95 Å². The summed E-state index contributed by atoms with van der Waals surface area (Å²) < 4.78 is 0. The van der Waals surface area contributed by atoms with Gasteiger partial charge in [-0.3, -0.25) is 4.99 Å². The molecule has 0 radical (unpaired) electrons. The van der Waals surface area contributed by atoms with E-state index in [1.54, 1.807) is 25.4 Å². The number of hydrogen-bond donors (Lipinski definition) is 2. The first-order chi connectivity index (χ1) is 6.76. The topological polar surface area (TPSA) is 76.2 Å². The summed E-state index contributed by atoms with van der Waals surface area (Å²) in [6.45, 7) is 0. The molecule has 0 amide bonds. The average Bonchev–Trinajstić information content (AvgIpc) is 2.17. The maximum Gasteiger partial charge on any atom is 0.229 e. The Bertz CT molecular complexity index is 361. The Morgan fingerprint density at radius 2 is 2.50 bits per heavy atom. The van der Waals surface area contributed by atoms with Crippen LogP contribution >= 0.6 is 11.6 Å². The maximum absolute atomic E-state index is 5.67. The number of amidine groups is 1. The summed E-state index contributed by atoms with van der Waals surface area (Å²) in [6, 6.07) is 1.59. The van der Waals surface area contributed by atoms with Crippen LogP contribution in [0.4, 0.5) is 5.95 Å². The lowest BCUT2D eigenvalue weighted by Crippen LogP contribution is -2.11. The monoisotopic (exact) mass is 211 g/mol. The number of rotatable bonds is 2. The summed E-state index contributed by atoms with van der Waals surface area (Å²) in [4.78, 5) is 11.8. The van der Waals surface area contributed by atoms with E-state index >= 15 is 0 Å². The summed E-state index contributed by atoms with van der Waals surface area (Å²) in [7, 11) is 1.63. The first-order valence-corrected chi connectivity index (χ1v) is 4.24. The van der Waals surface area contributed by atoms with E-state index in [9.17, 15) is 0 Å². The molecule has 1 rings (SSSR count). The van der Waals surface area contributed by atoms with Gasteiger partial charge in [0, 0.05) is 13.2 Å². The van der Waals surface area contributed by atoms with Gasteiger partial charge in [-0.15, -0.1) is 0 Å². The largest absolute Gasteiger partial charge is 0.404 e. The number of aromatic nitrogens is 2. The van der Waals surface area contributed by atoms with E-state index in [1.807, 2.05) is 0 Å². The molecule has 0 aliphatic carbocycles. The SMILES string of the molecule is CN=C(C=CN)Nc1nccc(Cl)n1. The van der Waals surface area contributed by atoms with Crippen molar-refractivity contribution in [1.82, 2.24) is 9.97 Å². The van der Waals surface area contributed by atoms with Crippen molar-refractivity contribution in [2.24, 2.45) is 10.7 Å². The molecule has 0 aliphatic heterocycles. The van der Waals surface area contributed by atoms with Crippen molar-refractivity contribution in [2.75, 3.05) is 12.4 Å². The molecule has 1 aromatic rings. The third-order valence-corrected chi connectivity index (χ3v) is 1.57. The van der Waals surface area contributed by atoms with Crippen LogP contribution in [0.5, 0.6) is 0 Å². The zero-order valence-electron chi connectivity index (χ0n) is 7.61. The Labute approximate surface area is 86.7 Å². The summed E-state index contributed by atoms with van der Waals surface area (Å²) in [6.07, 6.45) is 4.53. The van der Waals surface area contributed by atoms with Crippen molar-refractivity contribution < 1.29 is 0 Å². The third-order valence-electron chi connectivity index (χ3n) is 1.36. The Kier molecular flexibility index (Phi) is 3.87. The van der Waals surface area contributed by atoms with E-state index in [0.717, 1.165) is 0 Å².